The molecule has 0 saturated heterocycles. The van der Waals surface area contributed by atoms with E-state index in [2.05, 4.69) is 15.0 Å². The van der Waals surface area contributed by atoms with Gasteiger partial charge in [-0.2, -0.15) is 22.5 Å². The fraction of sp³-hybridized carbons (Fsp3) is 0.100. The van der Waals surface area contributed by atoms with Gasteiger partial charge in [-0.3, -0.25) is 4.98 Å². The minimum Gasteiger partial charge on any atom is -0.265 e. The van der Waals surface area contributed by atoms with Gasteiger partial charge in [0.1, 0.15) is 10.7 Å². The quantitative estimate of drug-likeness (QED) is 0.593. The summed E-state index contributed by atoms with van der Waals surface area (Å²) in [6, 6.07) is 2.86. The Labute approximate surface area is 103 Å². The molecule has 0 saturated carbocycles. The van der Waals surface area contributed by atoms with E-state index in [9.17, 15) is 17.6 Å². The number of hydrogen-bond donors (Lipinski definition) is 0. The Hall–Kier alpha value is -1.76. The van der Waals surface area contributed by atoms with Crippen LogP contribution < -0.4 is 0 Å². The molecule has 0 radical (unpaired) electrons. The maximum Gasteiger partial charge on any atom is 0.423 e. The molecule has 0 N–H and O–H groups in total. The van der Waals surface area contributed by atoms with Crippen LogP contribution in [0.2, 0.25) is 5.15 Å². The molecule has 3 nitrogen and oxygen atoms in total. The average molecular weight is 278 g/mol. The molecule has 0 fully saturated rings. The smallest absolute Gasteiger partial charge is 0.265 e. The zero-order valence-electron chi connectivity index (χ0n) is 8.54. The minimum atomic E-state index is -4.93. The van der Waals surface area contributed by atoms with Gasteiger partial charge in [-0.05, 0) is 12.1 Å². The molecule has 8 heteroatoms. The van der Waals surface area contributed by atoms with Gasteiger partial charge in [-0.25, -0.2) is 4.98 Å². The van der Waals surface area contributed by atoms with Gasteiger partial charge in [-0.15, -0.1) is 0 Å². The lowest BCUT2D eigenvalue weighted by molar-refractivity contribution is -0.140. The van der Waals surface area contributed by atoms with Crippen LogP contribution in [0.1, 0.15) is 5.56 Å². The number of alkyl halides is 3. The Kier molecular flexibility index (Phi) is 3.16. The first kappa shape index (κ1) is 12.7. The first-order valence-corrected chi connectivity index (χ1v) is 4.98. The number of hydrogen-bond acceptors (Lipinski definition) is 3. The number of nitrogens with zero attached hydrogens (tertiary/aromatic N) is 3. The van der Waals surface area contributed by atoms with Crippen LogP contribution in [0.25, 0.3) is 11.4 Å². The van der Waals surface area contributed by atoms with Gasteiger partial charge in [0.2, 0.25) is 5.95 Å². The molecule has 18 heavy (non-hydrogen) atoms. The van der Waals surface area contributed by atoms with E-state index in [1.807, 2.05) is 0 Å². The summed E-state index contributed by atoms with van der Waals surface area (Å²) in [4.78, 5) is 10.3. The second kappa shape index (κ2) is 4.49. The first-order chi connectivity index (χ1) is 8.39. The summed E-state index contributed by atoms with van der Waals surface area (Å²) < 4.78 is 50.6. The van der Waals surface area contributed by atoms with Gasteiger partial charge in [-0.1, -0.05) is 11.6 Å². The Morgan fingerprint density at radius 1 is 1.06 bits per heavy atom. The van der Waals surface area contributed by atoms with Crippen molar-refractivity contribution in [3.05, 3.63) is 41.2 Å². The van der Waals surface area contributed by atoms with Crippen molar-refractivity contribution in [2.45, 2.75) is 6.18 Å². The Morgan fingerprint density at radius 2 is 1.67 bits per heavy atom. The Bertz CT molecular complexity index is 548. The predicted molar refractivity (Wildman–Crippen MR) is 55.2 cm³/mol. The summed E-state index contributed by atoms with van der Waals surface area (Å²) in [6.45, 7) is 0. The van der Waals surface area contributed by atoms with Crippen molar-refractivity contribution in [2.75, 3.05) is 0 Å². The molecule has 2 aromatic heterocycles. The van der Waals surface area contributed by atoms with Crippen LogP contribution in [0.3, 0.4) is 0 Å². The van der Waals surface area contributed by atoms with Gasteiger partial charge < -0.3 is 0 Å². The largest absolute Gasteiger partial charge is 0.423 e. The predicted octanol–water partition coefficient (Wildman–Crippen LogP) is 3.35. The standard InChI is InChI=1S/C10H4ClF4N3/c11-7-6(10(13,14)15)8(12)18-9(17-7)5-1-3-16-4-2-5/h1-4H. The van der Waals surface area contributed by atoms with Gasteiger partial charge in [0, 0.05) is 18.0 Å². The minimum absolute atomic E-state index is 0.229. The molecule has 2 aromatic rings. The number of aromatic nitrogens is 3. The topological polar surface area (TPSA) is 38.7 Å². The summed E-state index contributed by atoms with van der Waals surface area (Å²) >= 11 is 5.34. The third-order valence-electron chi connectivity index (χ3n) is 2.04. The van der Waals surface area contributed by atoms with Gasteiger partial charge in [0.05, 0.1) is 0 Å². The van der Waals surface area contributed by atoms with Crippen LogP contribution in [0.5, 0.6) is 0 Å². The second-order valence-electron chi connectivity index (χ2n) is 3.24. The van der Waals surface area contributed by atoms with Crippen molar-refractivity contribution in [1.29, 1.82) is 0 Å². The molecular formula is C10H4ClF4N3. The zero-order valence-corrected chi connectivity index (χ0v) is 9.30. The first-order valence-electron chi connectivity index (χ1n) is 4.60. The number of pyridine rings is 1. The van der Waals surface area contributed by atoms with E-state index >= 15 is 0 Å². The highest BCUT2D eigenvalue weighted by atomic mass is 35.5. The number of halogens is 5. The molecule has 94 valence electrons. The molecule has 0 bridgehead atoms. The van der Waals surface area contributed by atoms with Crippen molar-refractivity contribution in [1.82, 2.24) is 15.0 Å². The molecule has 0 aliphatic carbocycles. The monoisotopic (exact) mass is 277 g/mol. The third kappa shape index (κ3) is 2.40. The summed E-state index contributed by atoms with van der Waals surface area (Å²) in [5.74, 6) is -1.93. The van der Waals surface area contributed by atoms with Crippen LogP contribution in [0, 0.1) is 5.95 Å². The highest BCUT2D eigenvalue weighted by Crippen LogP contribution is 2.35. The van der Waals surface area contributed by atoms with Crippen molar-refractivity contribution in [3.63, 3.8) is 0 Å². The van der Waals surface area contributed by atoms with Crippen molar-refractivity contribution < 1.29 is 17.6 Å². The molecule has 0 aliphatic rings. The molecule has 0 unspecified atom stereocenters. The van der Waals surface area contributed by atoms with Crippen molar-refractivity contribution >= 4 is 11.6 Å². The van der Waals surface area contributed by atoms with E-state index in [1.165, 1.54) is 24.5 Å². The summed E-state index contributed by atoms with van der Waals surface area (Å²) in [6.07, 6.45) is -2.18. The lowest BCUT2D eigenvalue weighted by atomic mass is 10.2. The number of rotatable bonds is 1. The zero-order chi connectivity index (χ0) is 13.3. The summed E-state index contributed by atoms with van der Waals surface area (Å²) in [7, 11) is 0. The maximum atomic E-state index is 13.3. The Morgan fingerprint density at radius 3 is 2.17 bits per heavy atom. The van der Waals surface area contributed by atoms with Crippen LogP contribution in [0.4, 0.5) is 17.6 Å². The molecule has 2 heterocycles. The molecule has 0 aliphatic heterocycles. The van der Waals surface area contributed by atoms with Crippen LogP contribution in [-0.4, -0.2) is 15.0 Å². The molecular weight excluding hydrogens is 274 g/mol. The van der Waals surface area contributed by atoms with E-state index in [4.69, 9.17) is 11.6 Å². The highest BCUT2D eigenvalue weighted by molar-refractivity contribution is 6.30. The van der Waals surface area contributed by atoms with E-state index in [0.29, 0.717) is 5.56 Å². The van der Waals surface area contributed by atoms with Crippen LogP contribution in [-0.2, 0) is 6.18 Å². The normalized spacial score (nSPS) is 11.6. The lowest BCUT2D eigenvalue weighted by Crippen LogP contribution is -2.12. The van der Waals surface area contributed by atoms with Crippen molar-refractivity contribution in [2.24, 2.45) is 0 Å². The van der Waals surface area contributed by atoms with E-state index in [1.54, 1.807) is 0 Å². The molecule has 0 amide bonds. The van der Waals surface area contributed by atoms with E-state index < -0.39 is 22.8 Å². The van der Waals surface area contributed by atoms with E-state index in [-0.39, 0.29) is 5.82 Å². The van der Waals surface area contributed by atoms with Crippen LogP contribution >= 0.6 is 11.6 Å². The molecule has 0 aromatic carbocycles. The maximum absolute atomic E-state index is 13.3. The molecule has 0 spiro atoms. The van der Waals surface area contributed by atoms with Crippen LogP contribution in [0.15, 0.2) is 24.5 Å². The SMILES string of the molecule is Fc1nc(-c2ccncc2)nc(Cl)c1C(F)(F)F. The van der Waals surface area contributed by atoms with Gasteiger partial charge >= 0.3 is 6.18 Å². The molecule has 2 rings (SSSR count). The third-order valence-corrected chi connectivity index (χ3v) is 2.32. The van der Waals surface area contributed by atoms with Gasteiger partial charge in [0.15, 0.2) is 5.82 Å². The summed E-state index contributed by atoms with van der Waals surface area (Å²) in [5.41, 5.74) is -1.35. The highest BCUT2D eigenvalue weighted by Gasteiger charge is 2.39. The van der Waals surface area contributed by atoms with Crippen molar-refractivity contribution in [3.8, 4) is 11.4 Å². The second-order valence-corrected chi connectivity index (χ2v) is 3.60. The van der Waals surface area contributed by atoms with E-state index in [0.717, 1.165) is 0 Å². The Balaban J connectivity index is 2.57. The summed E-state index contributed by atoms with van der Waals surface area (Å²) in [5, 5.41) is -0.971. The average Bonchev–Trinajstić information content (AvgIpc) is 2.27. The fourth-order valence-corrected chi connectivity index (χ4v) is 1.54. The fourth-order valence-electron chi connectivity index (χ4n) is 1.27. The lowest BCUT2D eigenvalue weighted by Gasteiger charge is -2.09. The molecule has 0 atom stereocenters. The van der Waals surface area contributed by atoms with Gasteiger partial charge in [0.25, 0.3) is 0 Å².